The number of aromatic nitrogens is 3. The second kappa shape index (κ2) is 9.17. The molecular formula is C19H25N5O4S. The van der Waals surface area contributed by atoms with Gasteiger partial charge in [0.25, 0.3) is 5.91 Å². The Morgan fingerprint density at radius 2 is 2.03 bits per heavy atom. The number of rotatable bonds is 6. The molecule has 0 N–H and O–H groups in total. The van der Waals surface area contributed by atoms with Gasteiger partial charge in [-0.2, -0.15) is 5.10 Å². The quantitative estimate of drug-likeness (QED) is 0.657. The van der Waals surface area contributed by atoms with E-state index in [9.17, 15) is 14.4 Å². The predicted molar refractivity (Wildman–Crippen MR) is 107 cm³/mol. The van der Waals surface area contributed by atoms with E-state index in [2.05, 4.69) is 10.1 Å². The maximum Gasteiger partial charge on any atom is 0.309 e. The fourth-order valence-corrected chi connectivity index (χ4v) is 4.00. The Morgan fingerprint density at radius 3 is 2.66 bits per heavy atom. The van der Waals surface area contributed by atoms with E-state index >= 15 is 0 Å². The fraction of sp³-hybridized carbons (Fsp3) is 0.526. The molecule has 0 saturated carbocycles. The van der Waals surface area contributed by atoms with Crippen molar-refractivity contribution in [1.29, 1.82) is 0 Å². The van der Waals surface area contributed by atoms with Crippen LogP contribution in [-0.4, -0.2) is 75.6 Å². The van der Waals surface area contributed by atoms with Gasteiger partial charge < -0.3 is 14.5 Å². The van der Waals surface area contributed by atoms with Gasteiger partial charge in [0, 0.05) is 44.3 Å². The van der Waals surface area contributed by atoms with E-state index in [4.69, 9.17) is 4.74 Å². The second-order valence-corrected chi connectivity index (χ2v) is 7.87. The monoisotopic (exact) mass is 419 g/mol. The summed E-state index contributed by atoms with van der Waals surface area (Å²) in [6.07, 6.45) is 4.70. The molecule has 1 aliphatic rings. The molecule has 2 aromatic heterocycles. The average Bonchev–Trinajstić information content (AvgIpc) is 3.36. The number of likely N-dealkylation sites (tertiary alicyclic amines) is 1. The number of thiazole rings is 1. The van der Waals surface area contributed by atoms with Gasteiger partial charge in [-0.15, -0.1) is 11.3 Å². The van der Waals surface area contributed by atoms with Crippen LogP contribution in [0.2, 0.25) is 0 Å². The molecule has 156 valence electrons. The first-order valence-electron chi connectivity index (χ1n) is 9.53. The van der Waals surface area contributed by atoms with Crippen LogP contribution in [0.25, 0.3) is 10.6 Å². The smallest absolute Gasteiger partial charge is 0.309 e. The molecule has 3 rings (SSSR count). The molecular weight excluding hydrogens is 394 g/mol. The van der Waals surface area contributed by atoms with Gasteiger partial charge in [0.1, 0.15) is 10.7 Å². The largest absolute Gasteiger partial charge is 0.466 e. The highest BCUT2D eigenvalue weighted by Crippen LogP contribution is 2.23. The first-order chi connectivity index (χ1) is 13.9. The van der Waals surface area contributed by atoms with Crippen LogP contribution in [-0.2, 0) is 21.4 Å². The van der Waals surface area contributed by atoms with E-state index < -0.39 is 0 Å². The molecule has 0 spiro atoms. The van der Waals surface area contributed by atoms with Gasteiger partial charge in [-0.1, -0.05) is 0 Å². The Kier molecular flexibility index (Phi) is 6.63. The minimum atomic E-state index is -0.300. The number of likely N-dealkylation sites (N-methyl/N-ethyl adjacent to an activating group) is 1. The molecule has 0 aliphatic carbocycles. The van der Waals surface area contributed by atoms with Gasteiger partial charge >= 0.3 is 5.97 Å². The van der Waals surface area contributed by atoms with E-state index in [0.29, 0.717) is 43.2 Å². The summed E-state index contributed by atoms with van der Waals surface area (Å²) < 4.78 is 6.73. The Labute approximate surface area is 173 Å². The molecule has 2 aromatic rings. The van der Waals surface area contributed by atoms with Crippen molar-refractivity contribution in [1.82, 2.24) is 24.6 Å². The number of esters is 1. The molecule has 29 heavy (non-hydrogen) atoms. The number of carbonyl (C=O) groups is 3. The average molecular weight is 420 g/mol. The van der Waals surface area contributed by atoms with Crippen molar-refractivity contribution in [3.05, 3.63) is 23.5 Å². The summed E-state index contributed by atoms with van der Waals surface area (Å²) in [5, 5.41) is 6.51. The maximum absolute atomic E-state index is 12.6. The normalized spacial score (nSPS) is 14.7. The zero-order valence-corrected chi connectivity index (χ0v) is 17.6. The highest BCUT2D eigenvalue weighted by Gasteiger charge is 2.29. The number of piperidine rings is 1. The van der Waals surface area contributed by atoms with Crippen molar-refractivity contribution in [3.63, 3.8) is 0 Å². The molecule has 0 unspecified atom stereocenters. The SMILES string of the molecule is CCOC(=O)C1CCN(C(=O)CN(C)C(=O)c2csc(-c3cnn(C)c3)n2)CC1. The summed E-state index contributed by atoms with van der Waals surface area (Å²) in [6.45, 7) is 3.11. The number of amides is 2. The number of hydrogen-bond donors (Lipinski definition) is 0. The number of aryl methyl sites for hydroxylation is 1. The van der Waals surface area contributed by atoms with Gasteiger partial charge in [-0.3, -0.25) is 19.1 Å². The minimum absolute atomic E-state index is 0.0251. The molecule has 0 radical (unpaired) electrons. The topological polar surface area (TPSA) is 97.6 Å². The Balaban J connectivity index is 1.53. The molecule has 1 aliphatic heterocycles. The summed E-state index contributed by atoms with van der Waals surface area (Å²) in [6, 6.07) is 0. The lowest BCUT2D eigenvalue weighted by molar-refractivity contribution is -0.151. The van der Waals surface area contributed by atoms with Crippen molar-refractivity contribution in [3.8, 4) is 10.6 Å². The number of nitrogens with zero attached hydrogens (tertiary/aromatic N) is 5. The molecule has 1 saturated heterocycles. The summed E-state index contributed by atoms with van der Waals surface area (Å²) in [5.74, 6) is -0.781. The lowest BCUT2D eigenvalue weighted by Gasteiger charge is -2.32. The van der Waals surface area contributed by atoms with Gasteiger partial charge in [0.2, 0.25) is 5.91 Å². The van der Waals surface area contributed by atoms with Crippen molar-refractivity contribution in [2.45, 2.75) is 19.8 Å². The third-order valence-corrected chi connectivity index (χ3v) is 5.75. The zero-order valence-electron chi connectivity index (χ0n) is 16.8. The summed E-state index contributed by atoms with van der Waals surface area (Å²) in [5.41, 5.74) is 1.16. The second-order valence-electron chi connectivity index (χ2n) is 7.01. The summed E-state index contributed by atoms with van der Waals surface area (Å²) in [4.78, 5) is 44.5. The molecule has 0 atom stereocenters. The molecule has 9 nitrogen and oxygen atoms in total. The lowest BCUT2D eigenvalue weighted by Crippen LogP contribution is -2.45. The number of hydrogen-bond acceptors (Lipinski definition) is 7. The van der Waals surface area contributed by atoms with Crippen LogP contribution in [0.1, 0.15) is 30.3 Å². The van der Waals surface area contributed by atoms with Crippen LogP contribution >= 0.6 is 11.3 Å². The summed E-state index contributed by atoms with van der Waals surface area (Å²) >= 11 is 1.36. The lowest BCUT2D eigenvalue weighted by atomic mass is 9.97. The van der Waals surface area contributed by atoms with Crippen LogP contribution in [0.15, 0.2) is 17.8 Å². The Hall–Kier alpha value is -2.75. The van der Waals surface area contributed by atoms with Crippen LogP contribution in [0.4, 0.5) is 0 Å². The fourth-order valence-electron chi connectivity index (χ4n) is 3.23. The third kappa shape index (κ3) is 5.00. The Morgan fingerprint density at radius 1 is 1.31 bits per heavy atom. The minimum Gasteiger partial charge on any atom is -0.466 e. The van der Waals surface area contributed by atoms with E-state index in [0.717, 1.165) is 5.56 Å². The van der Waals surface area contributed by atoms with Crippen LogP contribution in [0.5, 0.6) is 0 Å². The number of ether oxygens (including phenoxy) is 1. The Bertz CT molecular complexity index is 885. The highest BCUT2D eigenvalue weighted by atomic mass is 32.1. The molecule has 0 bridgehead atoms. The zero-order chi connectivity index (χ0) is 21.0. The summed E-state index contributed by atoms with van der Waals surface area (Å²) in [7, 11) is 3.41. The third-order valence-electron chi connectivity index (χ3n) is 4.86. The van der Waals surface area contributed by atoms with Gasteiger partial charge in [-0.05, 0) is 19.8 Å². The van der Waals surface area contributed by atoms with Crippen molar-refractivity contribution in [2.75, 3.05) is 33.3 Å². The molecule has 3 heterocycles. The van der Waals surface area contributed by atoms with Crippen molar-refractivity contribution in [2.24, 2.45) is 13.0 Å². The molecule has 10 heteroatoms. The van der Waals surface area contributed by atoms with Gasteiger partial charge in [0.05, 0.1) is 25.3 Å². The first-order valence-corrected chi connectivity index (χ1v) is 10.4. The first kappa shape index (κ1) is 21.0. The van der Waals surface area contributed by atoms with Crippen LogP contribution < -0.4 is 0 Å². The standard InChI is InChI=1S/C19H25N5O4S/c1-4-28-19(27)13-5-7-24(8-6-13)16(25)11-22(2)18(26)15-12-29-17(21-15)14-9-20-23(3)10-14/h9-10,12-13H,4-8,11H2,1-3H3. The number of carbonyl (C=O) groups excluding carboxylic acids is 3. The molecule has 1 fully saturated rings. The molecule has 2 amide bonds. The van der Waals surface area contributed by atoms with Crippen molar-refractivity contribution < 1.29 is 19.1 Å². The van der Waals surface area contributed by atoms with E-state index in [1.54, 1.807) is 35.1 Å². The highest BCUT2D eigenvalue weighted by molar-refractivity contribution is 7.13. The van der Waals surface area contributed by atoms with Gasteiger partial charge in [-0.25, -0.2) is 4.98 Å². The van der Waals surface area contributed by atoms with E-state index in [1.807, 2.05) is 13.2 Å². The van der Waals surface area contributed by atoms with Gasteiger partial charge in [0.15, 0.2) is 0 Å². The van der Waals surface area contributed by atoms with Crippen molar-refractivity contribution >= 4 is 29.1 Å². The van der Waals surface area contributed by atoms with E-state index in [1.165, 1.54) is 16.2 Å². The van der Waals surface area contributed by atoms with Crippen LogP contribution in [0, 0.1) is 5.92 Å². The molecule has 0 aromatic carbocycles. The maximum atomic E-state index is 12.6. The predicted octanol–water partition coefficient (Wildman–Crippen LogP) is 1.42. The van der Waals surface area contributed by atoms with E-state index in [-0.39, 0.29) is 30.2 Å². The van der Waals surface area contributed by atoms with Crippen LogP contribution in [0.3, 0.4) is 0 Å².